The summed E-state index contributed by atoms with van der Waals surface area (Å²) in [6.07, 6.45) is 1.57. The van der Waals surface area contributed by atoms with Crippen LogP contribution in [0.25, 0.3) is 0 Å². The molecule has 0 aliphatic rings. The molecule has 0 fully saturated rings. The topological polar surface area (TPSA) is 46.2 Å². The van der Waals surface area contributed by atoms with Crippen molar-refractivity contribution in [3.8, 4) is 0 Å². The summed E-state index contributed by atoms with van der Waals surface area (Å²) in [5, 5.41) is 0. The highest BCUT2D eigenvalue weighted by Crippen LogP contribution is 2.00. The second-order valence-electron chi connectivity index (χ2n) is 1.90. The highest BCUT2D eigenvalue weighted by molar-refractivity contribution is 7.93. The van der Waals surface area contributed by atoms with Crippen LogP contribution in [-0.4, -0.2) is 15.0 Å². The van der Waals surface area contributed by atoms with E-state index >= 15 is 0 Å². The van der Waals surface area contributed by atoms with Crippen molar-refractivity contribution in [2.45, 2.75) is 20.8 Å². The first-order valence-electron chi connectivity index (χ1n) is 3.17. The van der Waals surface area contributed by atoms with Crippen molar-refractivity contribution in [2.24, 2.45) is 0 Å². The third kappa shape index (κ3) is 2.49. The zero-order chi connectivity index (χ0) is 8.20. The molecule has 0 amide bonds. The Kier molecular flexibility index (Phi) is 3.60. The van der Waals surface area contributed by atoms with Gasteiger partial charge in [-0.1, -0.05) is 13.0 Å². The van der Waals surface area contributed by atoms with Crippen LogP contribution < -0.4 is 4.72 Å². The summed E-state index contributed by atoms with van der Waals surface area (Å²) in [7, 11) is -3.15. The van der Waals surface area contributed by atoms with Gasteiger partial charge >= 0.3 is 0 Å². The maximum Gasteiger partial charge on any atom is 0.236 e. The van der Waals surface area contributed by atoms with Crippen LogP contribution >= 0.6 is 0 Å². The van der Waals surface area contributed by atoms with Gasteiger partial charge in [-0.25, -0.2) is 13.1 Å². The van der Waals surface area contributed by atoms with Crippen LogP contribution in [0.3, 0.4) is 0 Å². The van der Waals surface area contributed by atoms with E-state index in [0.717, 1.165) is 0 Å². The van der Waals surface area contributed by atoms with E-state index in [0.29, 0.717) is 11.4 Å². The Labute approximate surface area is 62.2 Å². The van der Waals surface area contributed by atoms with Crippen molar-refractivity contribution in [1.29, 1.82) is 0 Å². The maximum absolute atomic E-state index is 11.0. The zero-order valence-corrected chi connectivity index (χ0v) is 7.33. The molecule has 0 heterocycles. The molecule has 60 valence electrons. The van der Waals surface area contributed by atoms with Crippen LogP contribution in [0.15, 0.2) is 11.0 Å². The zero-order valence-electron chi connectivity index (χ0n) is 6.51. The lowest BCUT2D eigenvalue weighted by Gasteiger charge is -2.01. The Bertz CT molecular complexity index is 216. The van der Waals surface area contributed by atoms with Gasteiger partial charge in [-0.2, -0.15) is 0 Å². The van der Waals surface area contributed by atoms with E-state index in [2.05, 4.69) is 4.72 Å². The Hall–Kier alpha value is -0.350. The molecule has 10 heavy (non-hydrogen) atoms. The van der Waals surface area contributed by atoms with Gasteiger partial charge in [-0.05, 0) is 13.8 Å². The van der Waals surface area contributed by atoms with Gasteiger partial charge < -0.3 is 0 Å². The molecular weight excluding hydrogens is 150 g/mol. The van der Waals surface area contributed by atoms with Crippen molar-refractivity contribution in [3.63, 3.8) is 0 Å². The Morgan fingerprint density at radius 1 is 1.60 bits per heavy atom. The molecular formula is C6H13NO2S. The average Bonchev–Trinajstić information content (AvgIpc) is 1.86. The van der Waals surface area contributed by atoms with E-state index in [1.165, 1.54) is 0 Å². The fourth-order valence-corrected chi connectivity index (χ4v) is 1.38. The van der Waals surface area contributed by atoms with Gasteiger partial charge in [0, 0.05) is 6.54 Å². The molecule has 0 saturated carbocycles. The molecule has 0 aromatic rings. The second-order valence-corrected chi connectivity index (χ2v) is 3.84. The summed E-state index contributed by atoms with van der Waals surface area (Å²) in [6, 6.07) is 0. The van der Waals surface area contributed by atoms with Gasteiger partial charge in [0.05, 0.1) is 4.91 Å². The largest absolute Gasteiger partial charge is 0.236 e. The molecule has 3 nitrogen and oxygen atoms in total. The fourth-order valence-electron chi connectivity index (χ4n) is 0.459. The van der Waals surface area contributed by atoms with Gasteiger partial charge in [0.1, 0.15) is 0 Å². The van der Waals surface area contributed by atoms with Crippen LogP contribution in [0.5, 0.6) is 0 Å². The third-order valence-corrected chi connectivity index (χ3v) is 2.92. The summed E-state index contributed by atoms with van der Waals surface area (Å²) < 4.78 is 24.3. The number of rotatable bonds is 3. The summed E-state index contributed by atoms with van der Waals surface area (Å²) in [4.78, 5) is 0.370. The van der Waals surface area contributed by atoms with Crippen LogP contribution in [0.4, 0.5) is 0 Å². The third-order valence-electron chi connectivity index (χ3n) is 1.16. The predicted molar refractivity (Wildman–Crippen MR) is 42.0 cm³/mol. The van der Waals surface area contributed by atoms with Gasteiger partial charge in [0.25, 0.3) is 0 Å². The lowest BCUT2D eigenvalue weighted by Crippen LogP contribution is -2.23. The number of sulfonamides is 1. The normalized spacial score (nSPS) is 13.7. The van der Waals surface area contributed by atoms with Gasteiger partial charge in [-0.15, -0.1) is 0 Å². The highest BCUT2D eigenvalue weighted by atomic mass is 32.2. The number of nitrogens with one attached hydrogen (secondary N) is 1. The molecule has 0 aliphatic carbocycles. The number of hydrogen-bond donors (Lipinski definition) is 1. The first-order chi connectivity index (χ1) is 4.54. The Balaban J connectivity index is 4.43. The SMILES string of the molecule is C/C=C(\C)S(=O)(=O)NCC. The molecule has 4 heteroatoms. The van der Waals surface area contributed by atoms with Gasteiger partial charge in [0.2, 0.25) is 10.0 Å². The van der Waals surface area contributed by atoms with E-state index in [-0.39, 0.29) is 0 Å². The van der Waals surface area contributed by atoms with Crippen LogP contribution in [0.2, 0.25) is 0 Å². The monoisotopic (exact) mass is 163 g/mol. The minimum atomic E-state index is -3.15. The van der Waals surface area contributed by atoms with Crippen LogP contribution in [-0.2, 0) is 10.0 Å². The van der Waals surface area contributed by atoms with Crippen LogP contribution in [0, 0.1) is 0 Å². The van der Waals surface area contributed by atoms with Gasteiger partial charge in [-0.3, -0.25) is 0 Å². The molecule has 0 aliphatic heterocycles. The van der Waals surface area contributed by atoms with Crippen molar-refractivity contribution < 1.29 is 8.42 Å². The molecule has 1 N–H and O–H groups in total. The standard InChI is InChI=1S/C6H13NO2S/c1-4-6(3)10(8,9)7-5-2/h4,7H,5H2,1-3H3/b6-4+. The van der Waals surface area contributed by atoms with Crippen molar-refractivity contribution >= 4 is 10.0 Å². The summed E-state index contributed by atoms with van der Waals surface area (Å²) in [6.45, 7) is 5.45. The van der Waals surface area contributed by atoms with Gasteiger partial charge in [0.15, 0.2) is 0 Å². The van der Waals surface area contributed by atoms with E-state index in [1.807, 2.05) is 0 Å². The molecule has 0 atom stereocenters. The molecule has 0 aromatic heterocycles. The molecule has 0 spiro atoms. The summed E-state index contributed by atoms with van der Waals surface area (Å²) >= 11 is 0. The first-order valence-corrected chi connectivity index (χ1v) is 4.65. The number of hydrogen-bond acceptors (Lipinski definition) is 2. The summed E-state index contributed by atoms with van der Waals surface area (Å²) in [5.41, 5.74) is 0. The van der Waals surface area contributed by atoms with Crippen LogP contribution in [0.1, 0.15) is 20.8 Å². The van der Waals surface area contributed by atoms with Crippen molar-refractivity contribution in [1.82, 2.24) is 4.72 Å². The van der Waals surface area contributed by atoms with Crippen molar-refractivity contribution in [3.05, 3.63) is 11.0 Å². The van der Waals surface area contributed by atoms with E-state index in [9.17, 15) is 8.42 Å². The quantitative estimate of drug-likeness (QED) is 0.670. The summed E-state index contributed by atoms with van der Waals surface area (Å²) in [5.74, 6) is 0. The molecule has 0 radical (unpaired) electrons. The Morgan fingerprint density at radius 2 is 2.10 bits per heavy atom. The molecule has 0 saturated heterocycles. The second kappa shape index (κ2) is 3.73. The van der Waals surface area contributed by atoms with Crippen molar-refractivity contribution in [2.75, 3.05) is 6.54 Å². The smallest absolute Gasteiger partial charge is 0.212 e. The lowest BCUT2D eigenvalue weighted by atomic mass is 10.6. The number of allylic oxidation sites excluding steroid dienone is 2. The molecule has 0 aromatic carbocycles. The maximum atomic E-state index is 11.0. The Morgan fingerprint density at radius 3 is 2.40 bits per heavy atom. The highest BCUT2D eigenvalue weighted by Gasteiger charge is 2.08. The fraction of sp³-hybridized carbons (Fsp3) is 0.667. The molecule has 0 rings (SSSR count). The minimum Gasteiger partial charge on any atom is -0.212 e. The average molecular weight is 163 g/mol. The predicted octanol–water partition coefficient (Wildman–Crippen LogP) is 0.849. The molecule has 0 bridgehead atoms. The van der Waals surface area contributed by atoms with E-state index < -0.39 is 10.0 Å². The first kappa shape index (κ1) is 9.65. The lowest BCUT2D eigenvalue weighted by molar-refractivity contribution is 0.590. The minimum absolute atomic E-state index is 0.370. The molecule has 0 unspecified atom stereocenters. The van der Waals surface area contributed by atoms with E-state index in [4.69, 9.17) is 0 Å². The van der Waals surface area contributed by atoms with E-state index in [1.54, 1.807) is 26.8 Å².